The summed E-state index contributed by atoms with van der Waals surface area (Å²) in [6, 6.07) is 0. The minimum atomic E-state index is 1.17. The molecule has 0 heterocycles. The number of hydrogen-bond donors (Lipinski definition) is 1. The van der Waals surface area contributed by atoms with Gasteiger partial charge in [-0.25, -0.2) is 0 Å². The van der Waals surface area contributed by atoms with Crippen molar-refractivity contribution in [2.24, 2.45) is 0 Å². The van der Waals surface area contributed by atoms with Gasteiger partial charge >= 0.3 is 0 Å². The Bertz CT molecular complexity index is 115. The third-order valence-electron chi connectivity index (χ3n) is 2.93. The normalized spacial score (nSPS) is 11.2. The van der Waals surface area contributed by atoms with Crippen molar-refractivity contribution in [3.63, 3.8) is 0 Å². The number of unbranched alkanes of at least 4 members (excludes halogenated alkanes) is 4. The van der Waals surface area contributed by atoms with E-state index in [0.29, 0.717) is 0 Å². The summed E-state index contributed by atoms with van der Waals surface area (Å²) in [7, 11) is 2.03. The van der Waals surface area contributed by atoms with E-state index in [0.717, 1.165) is 0 Å². The third kappa shape index (κ3) is 10.2. The molecule has 0 aromatic rings. The maximum atomic E-state index is 3.20. The van der Waals surface area contributed by atoms with Crippen molar-refractivity contribution >= 4 is 0 Å². The van der Waals surface area contributed by atoms with Gasteiger partial charge in [0, 0.05) is 0 Å². The summed E-state index contributed by atoms with van der Waals surface area (Å²) in [5.41, 5.74) is 0. The molecule has 0 aliphatic heterocycles. The van der Waals surface area contributed by atoms with E-state index in [4.69, 9.17) is 0 Å². The van der Waals surface area contributed by atoms with Crippen LogP contribution in [0.4, 0.5) is 0 Å². The SMILES string of the molecule is CCCCN(CC)CCCCCCNC. The van der Waals surface area contributed by atoms with Crippen molar-refractivity contribution in [2.45, 2.75) is 52.4 Å². The van der Waals surface area contributed by atoms with E-state index in [2.05, 4.69) is 24.1 Å². The number of nitrogens with one attached hydrogen (secondary N) is 1. The summed E-state index contributed by atoms with van der Waals surface area (Å²) in [6.45, 7) is 9.53. The van der Waals surface area contributed by atoms with E-state index < -0.39 is 0 Å². The molecule has 0 spiro atoms. The molecule has 0 bridgehead atoms. The zero-order valence-corrected chi connectivity index (χ0v) is 11.0. The quantitative estimate of drug-likeness (QED) is 0.532. The van der Waals surface area contributed by atoms with Crippen molar-refractivity contribution < 1.29 is 0 Å². The van der Waals surface area contributed by atoms with Gasteiger partial charge in [0.05, 0.1) is 0 Å². The largest absolute Gasteiger partial charge is 0.320 e. The Morgan fingerprint density at radius 3 is 2.13 bits per heavy atom. The zero-order valence-electron chi connectivity index (χ0n) is 11.0. The van der Waals surface area contributed by atoms with Crippen LogP contribution in [0.25, 0.3) is 0 Å². The lowest BCUT2D eigenvalue weighted by Crippen LogP contribution is -2.25. The van der Waals surface area contributed by atoms with Gasteiger partial charge in [0.25, 0.3) is 0 Å². The van der Waals surface area contributed by atoms with Gasteiger partial charge in [-0.2, -0.15) is 0 Å². The molecule has 0 fully saturated rings. The zero-order chi connectivity index (χ0) is 11.4. The number of rotatable bonds is 11. The second-order valence-electron chi connectivity index (χ2n) is 4.31. The highest BCUT2D eigenvalue weighted by atomic mass is 15.1. The lowest BCUT2D eigenvalue weighted by Gasteiger charge is -2.19. The minimum Gasteiger partial charge on any atom is -0.320 e. The molecule has 0 saturated carbocycles. The van der Waals surface area contributed by atoms with Crippen LogP contribution in [0.2, 0.25) is 0 Å². The Kier molecular flexibility index (Phi) is 11.9. The number of hydrogen-bond acceptors (Lipinski definition) is 2. The smallest absolute Gasteiger partial charge is 0.00189 e. The summed E-state index contributed by atoms with van der Waals surface area (Å²) in [5, 5.41) is 3.20. The fourth-order valence-corrected chi connectivity index (χ4v) is 1.80. The van der Waals surface area contributed by atoms with Crippen LogP contribution >= 0.6 is 0 Å². The summed E-state index contributed by atoms with van der Waals surface area (Å²) in [5.74, 6) is 0. The van der Waals surface area contributed by atoms with Gasteiger partial charge in [-0.1, -0.05) is 33.1 Å². The Morgan fingerprint density at radius 2 is 1.53 bits per heavy atom. The highest BCUT2D eigenvalue weighted by molar-refractivity contribution is 4.56. The van der Waals surface area contributed by atoms with Gasteiger partial charge in [-0.3, -0.25) is 0 Å². The van der Waals surface area contributed by atoms with Crippen LogP contribution in [0.15, 0.2) is 0 Å². The molecular weight excluding hydrogens is 184 g/mol. The average molecular weight is 214 g/mol. The second-order valence-corrected chi connectivity index (χ2v) is 4.31. The minimum absolute atomic E-state index is 1.17. The molecule has 2 nitrogen and oxygen atoms in total. The van der Waals surface area contributed by atoms with Crippen LogP contribution in [0.1, 0.15) is 52.4 Å². The first-order valence-corrected chi connectivity index (χ1v) is 6.72. The topological polar surface area (TPSA) is 15.3 Å². The monoisotopic (exact) mass is 214 g/mol. The van der Waals surface area contributed by atoms with Gasteiger partial charge in [0.1, 0.15) is 0 Å². The molecule has 0 amide bonds. The highest BCUT2D eigenvalue weighted by Gasteiger charge is 2.00. The van der Waals surface area contributed by atoms with Gasteiger partial charge in [-0.05, 0) is 52.5 Å². The molecule has 0 saturated heterocycles. The van der Waals surface area contributed by atoms with Crippen molar-refractivity contribution in [3.8, 4) is 0 Å². The van der Waals surface area contributed by atoms with Gasteiger partial charge in [0.2, 0.25) is 0 Å². The molecule has 0 aliphatic rings. The van der Waals surface area contributed by atoms with Gasteiger partial charge < -0.3 is 10.2 Å². The molecule has 0 unspecified atom stereocenters. The molecular formula is C13H30N2. The second kappa shape index (κ2) is 12.0. The summed E-state index contributed by atoms with van der Waals surface area (Å²) < 4.78 is 0. The molecule has 1 N–H and O–H groups in total. The molecule has 92 valence electrons. The Hall–Kier alpha value is -0.0800. The molecule has 15 heavy (non-hydrogen) atoms. The molecule has 0 atom stereocenters. The van der Waals surface area contributed by atoms with Crippen molar-refractivity contribution in [3.05, 3.63) is 0 Å². The van der Waals surface area contributed by atoms with E-state index in [1.807, 2.05) is 7.05 Å². The Balaban J connectivity index is 3.22. The van der Waals surface area contributed by atoms with Crippen LogP contribution in [0, 0.1) is 0 Å². The van der Waals surface area contributed by atoms with Gasteiger partial charge in [0.15, 0.2) is 0 Å². The maximum Gasteiger partial charge on any atom is -0.00189 e. The van der Waals surface area contributed by atoms with E-state index in [1.54, 1.807) is 0 Å². The van der Waals surface area contributed by atoms with E-state index in [9.17, 15) is 0 Å². The molecule has 0 aromatic heterocycles. The Labute approximate surface area is 96.4 Å². The molecule has 0 aromatic carbocycles. The van der Waals surface area contributed by atoms with Crippen LogP contribution in [0.5, 0.6) is 0 Å². The van der Waals surface area contributed by atoms with E-state index >= 15 is 0 Å². The lowest BCUT2D eigenvalue weighted by molar-refractivity contribution is 0.276. The predicted molar refractivity (Wildman–Crippen MR) is 69.4 cm³/mol. The Morgan fingerprint density at radius 1 is 0.867 bits per heavy atom. The van der Waals surface area contributed by atoms with E-state index in [-0.39, 0.29) is 0 Å². The number of nitrogens with zero attached hydrogens (tertiary/aromatic N) is 1. The summed E-state index contributed by atoms with van der Waals surface area (Å²) in [6.07, 6.45) is 8.15. The summed E-state index contributed by atoms with van der Waals surface area (Å²) in [4.78, 5) is 2.58. The molecule has 0 aliphatic carbocycles. The van der Waals surface area contributed by atoms with Crippen LogP contribution < -0.4 is 5.32 Å². The van der Waals surface area contributed by atoms with Crippen molar-refractivity contribution in [1.29, 1.82) is 0 Å². The molecule has 0 radical (unpaired) electrons. The standard InChI is InChI=1S/C13H30N2/c1-4-6-12-15(5-2)13-10-8-7-9-11-14-3/h14H,4-13H2,1-3H3. The lowest BCUT2D eigenvalue weighted by atomic mass is 10.2. The van der Waals surface area contributed by atoms with Crippen LogP contribution in [-0.4, -0.2) is 38.1 Å². The van der Waals surface area contributed by atoms with Crippen molar-refractivity contribution in [1.82, 2.24) is 10.2 Å². The van der Waals surface area contributed by atoms with Crippen molar-refractivity contribution in [2.75, 3.05) is 33.2 Å². The first kappa shape index (κ1) is 14.9. The fourth-order valence-electron chi connectivity index (χ4n) is 1.80. The first-order valence-electron chi connectivity index (χ1n) is 6.72. The van der Waals surface area contributed by atoms with E-state index in [1.165, 1.54) is 64.7 Å². The van der Waals surface area contributed by atoms with Gasteiger partial charge in [-0.15, -0.1) is 0 Å². The summed E-state index contributed by atoms with van der Waals surface area (Å²) >= 11 is 0. The fraction of sp³-hybridized carbons (Fsp3) is 1.00. The average Bonchev–Trinajstić information content (AvgIpc) is 2.27. The predicted octanol–water partition coefficient (Wildman–Crippen LogP) is 2.89. The van der Waals surface area contributed by atoms with Crippen LogP contribution in [-0.2, 0) is 0 Å². The first-order chi connectivity index (χ1) is 7.35. The van der Waals surface area contributed by atoms with Crippen LogP contribution in [0.3, 0.4) is 0 Å². The highest BCUT2D eigenvalue weighted by Crippen LogP contribution is 2.02. The molecule has 0 rings (SSSR count). The maximum absolute atomic E-state index is 3.20. The third-order valence-corrected chi connectivity index (χ3v) is 2.93. The molecule has 2 heteroatoms.